The lowest BCUT2D eigenvalue weighted by molar-refractivity contribution is 0.516. The molecule has 0 aliphatic heterocycles. The van der Waals surface area contributed by atoms with Crippen LogP contribution in [-0.2, 0) is 5.75 Å². The fourth-order valence-electron chi connectivity index (χ4n) is 2.12. The predicted molar refractivity (Wildman–Crippen MR) is 69.3 cm³/mol. The van der Waals surface area contributed by atoms with E-state index >= 15 is 0 Å². The maximum absolute atomic E-state index is 8.71. The van der Waals surface area contributed by atoms with Gasteiger partial charge in [0.15, 0.2) is 0 Å². The Kier molecular flexibility index (Phi) is 4.30. The molecule has 2 heteroatoms. The van der Waals surface area contributed by atoms with Gasteiger partial charge in [-0.1, -0.05) is 31.4 Å². The Balaban J connectivity index is 1.82. The van der Waals surface area contributed by atoms with Crippen LogP contribution >= 0.6 is 11.8 Å². The van der Waals surface area contributed by atoms with Crippen LogP contribution < -0.4 is 0 Å². The highest BCUT2D eigenvalue weighted by Crippen LogP contribution is 2.30. The van der Waals surface area contributed by atoms with E-state index in [0.29, 0.717) is 0 Å². The molecule has 0 heterocycles. The molecule has 1 fully saturated rings. The second kappa shape index (κ2) is 5.96. The molecule has 0 unspecified atom stereocenters. The van der Waals surface area contributed by atoms with Crippen LogP contribution in [-0.4, -0.2) is 5.25 Å². The number of nitrogens with zero attached hydrogens (tertiary/aromatic N) is 1. The second-order valence-electron chi connectivity index (χ2n) is 4.38. The monoisotopic (exact) mass is 231 g/mol. The summed E-state index contributed by atoms with van der Waals surface area (Å²) in [5.74, 6) is 1.09. The number of rotatable bonds is 3. The lowest BCUT2D eigenvalue weighted by atomic mass is 10.0. The number of thioether (sulfide) groups is 1. The molecule has 1 aliphatic carbocycles. The predicted octanol–water partition coefficient (Wildman–Crippen LogP) is 4.12. The van der Waals surface area contributed by atoms with Crippen molar-refractivity contribution >= 4 is 11.8 Å². The molecule has 0 bridgehead atoms. The number of nitriles is 1. The van der Waals surface area contributed by atoms with Crippen LogP contribution in [0.1, 0.15) is 43.2 Å². The molecule has 1 nitrogen and oxygen atoms in total. The van der Waals surface area contributed by atoms with Gasteiger partial charge in [-0.05, 0) is 30.5 Å². The van der Waals surface area contributed by atoms with E-state index in [1.165, 1.54) is 37.7 Å². The summed E-state index contributed by atoms with van der Waals surface area (Å²) in [7, 11) is 0. The van der Waals surface area contributed by atoms with Crippen LogP contribution in [0.25, 0.3) is 0 Å². The summed E-state index contributed by atoms with van der Waals surface area (Å²) < 4.78 is 0. The average molecular weight is 231 g/mol. The van der Waals surface area contributed by atoms with Crippen LogP contribution in [0.2, 0.25) is 0 Å². The molecule has 1 aromatic carbocycles. The minimum absolute atomic E-state index is 0.756. The maximum atomic E-state index is 8.71. The van der Waals surface area contributed by atoms with Crippen LogP contribution in [0.4, 0.5) is 0 Å². The Morgan fingerprint density at radius 1 is 1.12 bits per heavy atom. The third kappa shape index (κ3) is 3.28. The zero-order valence-corrected chi connectivity index (χ0v) is 10.3. The first kappa shape index (κ1) is 11.5. The molecule has 0 saturated heterocycles. The first-order chi connectivity index (χ1) is 7.88. The van der Waals surface area contributed by atoms with Gasteiger partial charge in [-0.25, -0.2) is 0 Å². The van der Waals surface area contributed by atoms with Gasteiger partial charge in [-0.2, -0.15) is 17.0 Å². The fraction of sp³-hybridized carbons (Fsp3) is 0.500. The van der Waals surface area contributed by atoms with Crippen molar-refractivity contribution in [1.29, 1.82) is 5.26 Å². The Hall–Kier alpha value is -0.940. The third-order valence-electron chi connectivity index (χ3n) is 3.12. The summed E-state index contributed by atoms with van der Waals surface area (Å²) in [5.41, 5.74) is 2.10. The van der Waals surface area contributed by atoms with Crippen molar-refractivity contribution in [2.24, 2.45) is 0 Å². The summed E-state index contributed by atoms with van der Waals surface area (Å²) >= 11 is 2.08. The highest BCUT2D eigenvalue weighted by molar-refractivity contribution is 7.99. The van der Waals surface area contributed by atoms with Gasteiger partial charge >= 0.3 is 0 Å². The molecule has 2 rings (SSSR count). The Labute approximate surface area is 102 Å². The minimum atomic E-state index is 0.756. The Morgan fingerprint density at radius 3 is 2.44 bits per heavy atom. The summed E-state index contributed by atoms with van der Waals surface area (Å²) in [6, 6.07) is 10.1. The molecule has 16 heavy (non-hydrogen) atoms. The van der Waals surface area contributed by atoms with E-state index in [9.17, 15) is 0 Å². The SMILES string of the molecule is N#Cc1ccc(CSC2CCCCC2)cc1. The van der Waals surface area contributed by atoms with E-state index in [4.69, 9.17) is 5.26 Å². The van der Waals surface area contributed by atoms with Gasteiger partial charge in [0.2, 0.25) is 0 Å². The molecular weight excluding hydrogens is 214 g/mol. The summed E-state index contributed by atoms with van der Waals surface area (Å²) in [6.07, 6.45) is 7.02. The third-order valence-corrected chi connectivity index (χ3v) is 4.56. The van der Waals surface area contributed by atoms with Gasteiger partial charge in [0.05, 0.1) is 11.6 Å². The van der Waals surface area contributed by atoms with Crippen molar-refractivity contribution in [3.05, 3.63) is 35.4 Å². The molecule has 0 N–H and O–H groups in total. The van der Waals surface area contributed by atoms with Crippen molar-refractivity contribution < 1.29 is 0 Å². The fourth-order valence-corrected chi connectivity index (χ4v) is 3.41. The topological polar surface area (TPSA) is 23.8 Å². The van der Waals surface area contributed by atoms with Gasteiger partial charge in [0.25, 0.3) is 0 Å². The van der Waals surface area contributed by atoms with Gasteiger partial charge in [0, 0.05) is 11.0 Å². The van der Waals surface area contributed by atoms with Gasteiger partial charge in [0.1, 0.15) is 0 Å². The van der Waals surface area contributed by atoms with Crippen molar-refractivity contribution in [3.8, 4) is 6.07 Å². The van der Waals surface area contributed by atoms with Crippen LogP contribution in [0, 0.1) is 11.3 Å². The smallest absolute Gasteiger partial charge is 0.0991 e. The van der Waals surface area contributed by atoms with Gasteiger partial charge in [-0.15, -0.1) is 0 Å². The van der Waals surface area contributed by atoms with E-state index < -0.39 is 0 Å². The van der Waals surface area contributed by atoms with E-state index in [-0.39, 0.29) is 0 Å². The highest BCUT2D eigenvalue weighted by atomic mass is 32.2. The molecule has 1 saturated carbocycles. The van der Waals surface area contributed by atoms with Gasteiger partial charge in [-0.3, -0.25) is 0 Å². The first-order valence-electron chi connectivity index (χ1n) is 5.99. The van der Waals surface area contributed by atoms with Crippen molar-refractivity contribution in [3.63, 3.8) is 0 Å². The Morgan fingerprint density at radius 2 is 1.81 bits per heavy atom. The lowest BCUT2D eigenvalue weighted by Crippen LogP contribution is -2.08. The molecular formula is C14H17NS. The highest BCUT2D eigenvalue weighted by Gasteiger charge is 2.13. The molecule has 84 valence electrons. The second-order valence-corrected chi connectivity index (χ2v) is 5.67. The zero-order valence-electron chi connectivity index (χ0n) is 9.48. The summed E-state index contributed by atoms with van der Waals surface area (Å²) in [5, 5.41) is 9.57. The standard InChI is InChI=1S/C14H17NS/c15-10-12-6-8-13(9-7-12)11-16-14-4-2-1-3-5-14/h6-9,14H,1-5,11H2. The lowest BCUT2D eigenvalue weighted by Gasteiger charge is -2.20. The summed E-state index contributed by atoms with van der Waals surface area (Å²) in [6.45, 7) is 0. The van der Waals surface area contributed by atoms with Gasteiger partial charge < -0.3 is 0 Å². The molecule has 0 amide bonds. The summed E-state index contributed by atoms with van der Waals surface area (Å²) in [4.78, 5) is 0. The van der Waals surface area contributed by atoms with Crippen LogP contribution in [0.3, 0.4) is 0 Å². The molecule has 1 aliphatic rings. The molecule has 0 spiro atoms. The van der Waals surface area contributed by atoms with Crippen molar-refractivity contribution in [2.75, 3.05) is 0 Å². The molecule has 1 aromatic rings. The largest absolute Gasteiger partial charge is 0.192 e. The number of hydrogen-bond acceptors (Lipinski definition) is 2. The van der Waals surface area contributed by atoms with Crippen molar-refractivity contribution in [2.45, 2.75) is 43.1 Å². The Bertz CT molecular complexity index is 357. The molecule has 0 aromatic heterocycles. The van der Waals surface area contributed by atoms with E-state index in [1.807, 2.05) is 12.1 Å². The normalized spacial score (nSPS) is 16.9. The molecule has 0 atom stereocenters. The molecule has 0 radical (unpaired) electrons. The number of benzene rings is 1. The maximum Gasteiger partial charge on any atom is 0.0991 e. The van der Waals surface area contributed by atoms with Crippen molar-refractivity contribution in [1.82, 2.24) is 0 Å². The first-order valence-corrected chi connectivity index (χ1v) is 7.04. The number of hydrogen-bond donors (Lipinski definition) is 0. The van der Waals surface area contributed by atoms with Crippen LogP contribution in [0.15, 0.2) is 24.3 Å². The van der Waals surface area contributed by atoms with E-state index in [1.54, 1.807) is 0 Å². The minimum Gasteiger partial charge on any atom is -0.192 e. The quantitative estimate of drug-likeness (QED) is 0.781. The average Bonchev–Trinajstić information content (AvgIpc) is 2.38. The van der Waals surface area contributed by atoms with Crippen LogP contribution in [0.5, 0.6) is 0 Å². The van der Waals surface area contributed by atoms with E-state index in [0.717, 1.165) is 16.6 Å². The van der Waals surface area contributed by atoms with E-state index in [2.05, 4.69) is 30.0 Å². The zero-order chi connectivity index (χ0) is 11.2.